The van der Waals surface area contributed by atoms with Gasteiger partial charge in [-0.05, 0) is 42.0 Å². The Balaban J connectivity index is 1.52. The highest BCUT2D eigenvalue weighted by Gasteiger charge is 2.28. The molecule has 0 bridgehead atoms. The first-order chi connectivity index (χ1) is 12.4. The van der Waals surface area contributed by atoms with Gasteiger partial charge in [-0.3, -0.25) is 4.90 Å². The molecule has 0 amide bonds. The highest BCUT2D eigenvalue weighted by molar-refractivity contribution is 5.46. The molecule has 0 atom stereocenters. The van der Waals surface area contributed by atoms with E-state index in [1.807, 2.05) is 6.07 Å². The van der Waals surface area contributed by atoms with Crippen LogP contribution in [-0.2, 0) is 6.54 Å². The molecule has 2 aromatic rings. The smallest absolute Gasteiger partial charge is 0.422 e. The number of alkyl halides is 3. The third kappa shape index (κ3) is 5.36. The number of piperazine rings is 1. The van der Waals surface area contributed by atoms with Crippen LogP contribution in [0.15, 0.2) is 48.5 Å². The van der Waals surface area contributed by atoms with Gasteiger partial charge in [-0.1, -0.05) is 12.1 Å². The normalized spacial score (nSPS) is 15.9. The van der Waals surface area contributed by atoms with Crippen LogP contribution in [-0.4, -0.2) is 43.9 Å². The average Bonchev–Trinajstić information content (AvgIpc) is 2.61. The van der Waals surface area contributed by atoms with E-state index in [1.54, 1.807) is 24.3 Å². The van der Waals surface area contributed by atoms with Crippen LogP contribution in [0, 0.1) is 5.82 Å². The molecule has 7 heteroatoms. The minimum Gasteiger partial charge on any atom is -0.484 e. The van der Waals surface area contributed by atoms with Gasteiger partial charge >= 0.3 is 6.18 Å². The summed E-state index contributed by atoms with van der Waals surface area (Å²) in [5, 5.41) is 0. The predicted molar refractivity (Wildman–Crippen MR) is 91.9 cm³/mol. The number of hydrogen-bond acceptors (Lipinski definition) is 3. The van der Waals surface area contributed by atoms with E-state index in [-0.39, 0.29) is 11.6 Å². The standard InChI is InChI=1S/C19H20F4N2O/c20-16-4-6-17(7-5-16)25-10-8-24(9-11-25)13-15-2-1-3-18(12-15)26-14-19(21,22)23/h1-7,12H,8-11,13-14H2. The maximum absolute atomic E-state index is 13.0. The lowest BCUT2D eigenvalue weighted by Crippen LogP contribution is -2.45. The number of ether oxygens (including phenoxy) is 1. The molecule has 1 aliphatic heterocycles. The molecule has 0 spiro atoms. The molecule has 140 valence electrons. The zero-order chi connectivity index (χ0) is 18.6. The molecule has 0 radical (unpaired) electrons. The predicted octanol–water partition coefficient (Wildman–Crippen LogP) is 4.09. The third-order valence-corrected chi connectivity index (χ3v) is 4.27. The topological polar surface area (TPSA) is 15.7 Å². The molecule has 1 aliphatic rings. The fourth-order valence-electron chi connectivity index (χ4n) is 2.97. The molecule has 0 unspecified atom stereocenters. The summed E-state index contributed by atoms with van der Waals surface area (Å²) >= 11 is 0. The van der Waals surface area contributed by atoms with E-state index in [9.17, 15) is 17.6 Å². The zero-order valence-electron chi connectivity index (χ0n) is 14.2. The molecule has 3 nitrogen and oxygen atoms in total. The van der Waals surface area contributed by atoms with Crippen LogP contribution in [0.1, 0.15) is 5.56 Å². The number of anilines is 1. The summed E-state index contributed by atoms with van der Waals surface area (Å²) in [4.78, 5) is 4.43. The summed E-state index contributed by atoms with van der Waals surface area (Å²) in [6, 6.07) is 13.2. The monoisotopic (exact) mass is 368 g/mol. The van der Waals surface area contributed by atoms with Gasteiger partial charge in [-0.15, -0.1) is 0 Å². The first-order valence-electron chi connectivity index (χ1n) is 8.40. The number of halogens is 4. The van der Waals surface area contributed by atoms with Crippen LogP contribution < -0.4 is 9.64 Å². The summed E-state index contributed by atoms with van der Waals surface area (Å²) in [6.45, 7) is 2.65. The molecule has 0 saturated carbocycles. The largest absolute Gasteiger partial charge is 0.484 e. The molecule has 3 rings (SSSR count). The van der Waals surface area contributed by atoms with Crippen molar-refractivity contribution in [2.75, 3.05) is 37.7 Å². The quantitative estimate of drug-likeness (QED) is 0.740. The molecule has 1 heterocycles. The van der Waals surface area contributed by atoms with Crippen molar-refractivity contribution in [2.24, 2.45) is 0 Å². The Morgan fingerprint density at radius 2 is 1.62 bits per heavy atom. The van der Waals surface area contributed by atoms with E-state index in [1.165, 1.54) is 18.2 Å². The Morgan fingerprint density at radius 1 is 0.923 bits per heavy atom. The zero-order valence-corrected chi connectivity index (χ0v) is 14.2. The first-order valence-corrected chi connectivity index (χ1v) is 8.40. The van der Waals surface area contributed by atoms with E-state index in [0.717, 1.165) is 37.4 Å². The molecular formula is C19H20F4N2O. The van der Waals surface area contributed by atoms with Crippen LogP contribution in [0.4, 0.5) is 23.2 Å². The SMILES string of the molecule is Fc1ccc(N2CCN(Cc3cccc(OCC(F)(F)F)c3)CC2)cc1. The fourth-order valence-corrected chi connectivity index (χ4v) is 2.97. The highest BCUT2D eigenvalue weighted by Crippen LogP contribution is 2.21. The van der Waals surface area contributed by atoms with Gasteiger partial charge in [-0.2, -0.15) is 13.2 Å². The summed E-state index contributed by atoms with van der Waals surface area (Å²) < 4.78 is 54.6. The van der Waals surface area contributed by atoms with Gasteiger partial charge in [0.25, 0.3) is 0 Å². The van der Waals surface area contributed by atoms with Gasteiger partial charge in [0, 0.05) is 38.4 Å². The Bertz CT molecular complexity index is 710. The van der Waals surface area contributed by atoms with Crippen molar-refractivity contribution < 1.29 is 22.3 Å². The van der Waals surface area contributed by atoms with Crippen molar-refractivity contribution in [2.45, 2.75) is 12.7 Å². The highest BCUT2D eigenvalue weighted by atomic mass is 19.4. The summed E-state index contributed by atoms with van der Waals surface area (Å²) in [5.41, 5.74) is 1.91. The third-order valence-electron chi connectivity index (χ3n) is 4.27. The van der Waals surface area contributed by atoms with Crippen molar-refractivity contribution >= 4 is 5.69 Å². The van der Waals surface area contributed by atoms with Crippen molar-refractivity contribution in [1.29, 1.82) is 0 Å². The molecule has 1 saturated heterocycles. The number of nitrogens with zero attached hydrogens (tertiary/aromatic N) is 2. The summed E-state index contributed by atoms with van der Waals surface area (Å²) in [7, 11) is 0. The van der Waals surface area contributed by atoms with Crippen LogP contribution in [0.25, 0.3) is 0 Å². The second kappa shape index (κ2) is 7.95. The number of hydrogen-bond donors (Lipinski definition) is 0. The minimum atomic E-state index is -4.34. The Hall–Kier alpha value is -2.28. The van der Waals surface area contributed by atoms with Gasteiger partial charge in [0.1, 0.15) is 11.6 Å². The van der Waals surface area contributed by atoms with Crippen molar-refractivity contribution in [3.63, 3.8) is 0 Å². The molecule has 0 aliphatic carbocycles. The first kappa shape index (κ1) is 18.5. The maximum atomic E-state index is 13.0. The van der Waals surface area contributed by atoms with E-state index < -0.39 is 12.8 Å². The van der Waals surface area contributed by atoms with Crippen LogP contribution in [0.2, 0.25) is 0 Å². The van der Waals surface area contributed by atoms with Crippen LogP contribution >= 0.6 is 0 Å². The van der Waals surface area contributed by atoms with Gasteiger partial charge in [0.15, 0.2) is 6.61 Å². The maximum Gasteiger partial charge on any atom is 0.422 e. The molecule has 0 aromatic heterocycles. The lowest BCUT2D eigenvalue weighted by molar-refractivity contribution is -0.153. The molecular weight excluding hydrogens is 348 g/mol. The van der Waals surface area contributed by atoms with Crippen molar-refractivity contribution in [1.82, 2.24) is 4.90 Å². The van der Waals surface area contributed by atoms with E-state index in [0.29, 0.717) is 6.54 Å². The molecule has 2 aromatic carbocycles. The van der Waals surface area contributed by atoms with E-state index in [4.69, 9.17) is 4.74 Å². The van der Waals surface area contributed by atoms with Gasteiger partial charge in [0.2, 0.25) is 0 Å². The number of benzene rings is 2. The second-order valence-corrected chi connectivity index (χ2v) is 6.29. The van der Waals surface area contributed by atoms with Crippen LogP contribution in [0.5, 0.6) is 5.75 Å². The summed E-state index contributed by atoms with van der Waals surface area (Å²) in [6.07, 6.45) is -4.34. The lowest BCUT2D eigenvalue weighted by atomic mass is 10.1. The van der Waals surface area contributed by atoms with Crippen molar-refractivity contribution in [3.05, 3.63) is 59.9 Å². The minimum absolute atomic E-state index is 0.227. The molecule has 0 N–H and O–H groups in total. The van der Waals surface area contributed by atoms with Gasteiger partial charge in [-0.25, -0.2) is 4.39 Å². The van der Waals surface area contributed by atoms with Crippen LogP contribution in [0.3, 0.4) is 0 Å². The van der Waals surface area contributed by atoms with Gasteiger partial charge < -0.3 is 9.64 Å². The number of rotatable bonds is 5. The Labute approximate surface area is 149 Å². The molecule has 26 heavy (non-hydrogen) atoms. The summed E-state index contributed by atoms with van der Waals surface area (Å²) in [5.74, 6) is -0.0233. The average molecular weight is 368 g/mol. The second-order valence-electron chi connectivity index (χ2n) is 6.29. The van der Waals surface area contributed by atoms with Crippen molar-refractivity contribution in [3.8, 4) is 5.75 Å². The van der Waals surface area contributed by atoms with E-state index in [2.05, 4.69) is 9.80 Å². The fraction of sp³-hybridized carbons (Fsp3) is 0.368. The molecule has 1 fully saturated rings. The Morgan fingerprint density at radius 3 is 2.27 bits per heavy atom. The lowest BCUT2D eigenvalue weighted by Gasteiger charge is -2.36. The Kier molecular flexibility index (Phi) is 5.66. The van der Waals surface area contributed by atoms with E-state index >= 15 is 0 Å². The van der Waals surface area contributed by atoms with Gasteiger partial charge in [0.05, 0.1) is 0 Å².